The smallest absolute Gasteiger partial charge is 0.0585 e. The Kier molecular flexibility index (Phi) is 6.71. The van der Waals surface area contributed by atoms with Gasteiger partial charge < -0.3 is 5.32 Å². The highest BCUT2D eigenvalue weighted by Crippen LogP contribution is 2.29. The minimum Gasteiger partial charge on any atom is -0.309 e. The molecule has 0 aliphatic rings. The minimum absolute atomic E-state index is 0.231. The molecule has 1 unspecified atom stereocenters. The molecule has 0 saturated carbocycles. The normalized spacial score (nSPS) is 12.4. The van der Waals surface area contributed by atoms with E-state index in [4.69, 9.17) is 0 Å². The molecule has 0 bridgehead atoms. The van der Waals surface area contributed by atoms with E-state index in [0.29, 0.717) is 0 Å². The maximum Gasteiger partial charge on any atom is 0.0585 e. The van der Waals surface area contributed by atoms with Crippen molar-refractivity contribution < 1.29 is 0 Å². The molecule has 2 aromatic rings. The summed E-state index contributed by atoms with van der Waals surface area (Å²) in [6.45, 7) is 2.24. The topological polar surface area (TPSA) is 12.0 Å². The van der Waals surface area contributed by atoms with Gasteiger partial charge in [0.05, 0.1) is 6.04 Å². The average molecular weight is 458 g/mol. The lowest BCUT2D eigenvalue weighted by atomic mass is 9.97. The van der Waals surface area contributed by atoms with E-state index in [1.54, 1.807) is 0 Å². The molecule has 0 heterocycles. The molecule has 1 atom stereocenters. The van der Waals surface area contributed by atoms with Crippen LogP contribution in [-0.4, -0.2) is 7.05 Å². The summed E-state index contributed by atoms with van der Waals surface area (Å²) in [6, 6.07) is 15.7. The second-order valence-electron chi connectivity index (χ2n) is 5.23. The van der Waals surface area contributed by atoms with E-state index in [2.05, 4.69) is 93.2 Å². The maximum atomic E-state index is 3.58. The van der Waals surface area contributed by atoms with Crippen LogP contribution < -0.4 is 5.32 Å². The number of halogens is 2. The molecule has 0 amide bonds. The quantitative estimate of drug-likeness (QED) is 0.548. The van der Waals surface area contributed by atoms with Gasteiger partial charge in [0.2, 0.25) is 0 Å². The van der Waals surface area contributed by atoms with Gasteiger partial charge in [0.1, 0.15) is 0 Å². The Bertz CT molecular complexity index is 580. The summed E-state index contributed by atoms with van der Waals surface area (Å²) in [7, 11) is 2.02. The summed E-state index contributed by atoms with van der Waals surface area (Å²) in [5.74, 6) is 0. The third kappa shape index (κ3) is 4.54. The van der Waals surface area contributed by atoms with Crippen molar-refractivity contribution in [2.75, 3.05) is 7.05 Å². The Balaban J connectivity index is 2.26. The molecule has 0 radical (unpaired) electrons. The Morgan fingerprint density at radius 1 is 1.14 bits per heavy atom. The lowest BCUT2D eigenvalue weighted by Gasteiger charge is -2.19. The van der Waals surface area contributed by atoms with E-state index >= 15 is 0 Å². The lowest BCUT2D eigenvalue weighted by molar-refractivity contribution is 0.687. The van der Waals surface area contributed by atoms with Gasteiger partial charge in [0.15, 0.2) is 0 Å². The van der Waals surface area contributed by atoms with E-state index in [1.807, 2.05) is 7.05 Å². The summed E-state index contributed by atoms with van der Waals surface area (Å²) in [5.41, 5.74) is 4.06. The minimum atomic E-state index is 0.231. The number of unbranched alkanes of at least 4 members (excludes halogenated alkanes) is 1. The van der Waals surface area contributed by atoms with Crippen LogP contribution in [0, 0.1) is 3.57 Å². The third-order valence-corrected chi connectivity index (χ3v) is 5.17. The van der Waals surface area contributed by atoms with Crippen LogP contribution in [0.3, 0.4) is 0 Å². The molecule has 0 aliphatic carbocycles. The highest BCUT2D eigenvalue weighted by molar-refractivity contribution is 14.1. The summed E-state index contributed by atoms with van der Waals surface area (Å²) >= 11 is 5.98. The fourth-order valence-corrected chi connectivity index (χ4v) is 3.52. The van der Waals surface area contributed by atoms with Gasteiger partial charge in [-0.15, -0.1) is 0 Å². The van der Waals surface area contributed by atoms with Crippen LogP contribution in [0.5, 0.6) is 0 Å². The van der Waals surface area contributed by atoms with Gasteiger partial charge in [-0.3, -0.25) is 0 Å². The van der Waals surface area contributed by atoms with E-state index in [0.717, 1.165) is 4.47 Å². The predicted octanol–water partition coefficient (Wildman–Crippen LogP) is 5.71. The van der Waals surface area contributed by atoms with Crippen LogP contribution in [-0.2, 0) is 6.42 Å². The third-order valence-electron chi connectivity index (χ3n) is 3.69. The number of hydrogen-bond acceptors (Lipinski definition) is 1. The van der Waals surface area contributed by atoms with Crippen LogP contribution in [0.1, 0.15) is 42.5 Å². The van der Waals surface area contributed by atoms with Gasteiger partial charge in [-0.05, 0) is 77.4 Å². The molecule has 3 heteroatoms. The van der Waals surface area contributed by atoms with Gasteiger partial charge in [-0.2, -0.15) is 0 Å². The van der Waals surface area contributed by atoms with Crippen molar-refractivity contribution in [1.29, 1.82) is 0 Å². The van der Waals surface area contributed by atoms with Crippen LogP contribution in [0.25, 0.3) is 0 Å². The molecule has 0 aliphatic heterocycles. The molecule has 0 aromatic heterocycles. The predicted molar refractivity (Wildman–Crippen MR) is 103 cm³/mol. The van der Waals surface area contributed by atoms with E-state index in [1.165, 1.54) is 39.5 Å². The molecular weight excluding hydrogens is 437 g/mol. The standard InChI is InChI=1S/C18H21BrIN/c1-3-4-5-13-6-8-14(9-7-13)18(21-2)16-12-15(19)10-11-17(16)20/h6-12,18,21H,3-5H2,1-2H3. The first-order valence-electron chi connectivity index (χ1n) is 7.36. The second-order valence-corrected chi connectivity index (χ2v) is 7.31. The van der Waals surface area contributed by atoms with Crippen molar-refractivity contribution in [1.82, 2.24) is 5.32 Å². The van der Waals surface area contributed by atoms with Gasteiger partial charge in [-0.25, -0.2) is 0 Å². The summed E-state index contributed by atoms with van der Waals surface area (Å²) in [6.07, 6.45) is 3.69. The van der Waals surface area contributed by atoms with Crippen LogP contribution in [0.15, 0.2) is 46.9 Å². The molecule has 1 nitrogen and oxygen atoms in total. The molecule has 0 saturated heterocycles. The molecule has 2 aromatic carbocycles. The second kappa shape index (κ2) is 8.30. The Hall–Kier alpha value is -0.390. The monoisotopic (exact) mass is 457 g/mol. The molecular formula is C18H21BrIN. The number of hydrogen-bond donors (Lipinski definition) is 1. The van der Waals surface area contributed by atoms with E-state index < -0.39 is 0 Å². The highest BCUT2D eigenvalue weighted by Gasteiger charge is 2.15. The number of benzene rings is 2. The Morgan fingerprint density at radius 3 is 2.48 bits per heavy atom. The van der Waals surface area contributed by atoms with Crippen molar-refractivity contribution in [3.8, 4) is 0 Å². The molecule has 112 valence electrons. The zero-order valence-corrected chi connectivity index (χ0v) is 16.2. The molecule has 0 spiro atoms. The van der Waals surface area contributed by atoms with Crippen molar-refractivity contribution >= 4 is 38.5 Å². The number of rotatable bonds is 6. The molecule has 2 rings (SSSR count). The van der Waals surface area contributed by atoms with Crippen molar-refractivity contribution in [3.63, 3.8) is 0 Å². The van der Waals surface area contributed by atoms with Gasteiger partial charge in [-0.1, -0.05) is 53.5 Å². The SMILES string of the molecule is CCCCc1ccc(C(NC)c2cc(Br)ccc2I)cc1. The zero-order valence-electron chi connectivity index (χ0n) is 12.5. The maximum absolute atomic E-state index is 3.58. The molecule has 0 fully saturated rings. The first-order valence-corrected chi connectivity index (χ1v) is 9.24. The average Bonchev–Trinajstić information content (AvgIpc) is 2.50. The Labute approximate surface area is 149 Å². The van der Waals surface area contributed by atoms with E-state index in [-0.39, 0.29) is 6.04 Å². The summed E-state index contributed by atoms with van der Waals surface area (Å²) in [4.78, 5) is 0. The van der Waals surface area contributed by atoms with E-state index in [9.17, 15) is 0 Å². The van der Waals surface area contributed by atoms with Crippen molar-refractivity contribution in [3.05, 3.63) is 67.2 Å². The van der Waals surface area contributed by atoms with Crippen LogP contribution in [0.4, 0.5) is 0 Å². The Morgan fingerprint density at radius 2 is 1.86 bits per heavy atom. The van der Waals surface area contributed by atoms with Crippen molar-refractivity contribution in [2.24, 2.45) is 0 Å². The van der Waals surface area contributed by atoms with Crippen molar-refractivity contribution in [2.45, 2.75) is 32.2 Å². The summed E-state index contributed by atoms with van der Waals surface area (Å²) in [5, 5.41) is 3.44. The van der Waals surface area contributed by atoms with Crippen LogP contribution >= 0.6 is 38.5 Å². The van der Waals surface area contributed by atoms with Gasteiger partial charge >= 0.3 is 0 Å². The fourth-order valence-electron chi connectivity index (χ4n) is 2.50. The fraction of sp³-hybridized carbons (Fsp3) is 0.333. The highest BCUT2D eigenvalue weighted by atomic mass is 127. The zero-order chi connectivity index (χ0) is 15.2. The van der Waals surface area contributed by atoms with Crippen LogP contribution in [0.2, 0.25) is 0 Å². The number of aryl methyl sites for hydroxylation is 1. The van der Waals surface area contributed by atoms with Gasteiger partial charge in [0.25, 0.3) is 0 Å². The van der Waals surface area contributed by atoms with Gasteiger partial charge in [0, 0.05) is 8.04 Å². The first kappa shape index (κ1) is 17.0. The molecule has 21 heavy (non-hydrogen) atoms. The number of nitrogens with one attached hydrogen (secondary N) is 1. The summed E-state index contributed by atoms with van der Waals surface area (Å²) < 4.78 is 2.41. The first-order chi connectivity index (χ1) is 10.2. The molecule has 1 N–H and O–H groups in total. The lowest BCUT2D eigenvalue weighted by Crippen LogP contribution is -2.18. The largest absolute Gasteiger partial charge is 0.309 e.